The molecule has 0 aromatic heterocycles. The molecule has 0 bridgehead atoms. The van der Waals surface area contributed by atoms with Crippen molar-refractivity contribution in [1.29, 1.82) is 0 Å². The molecule has 222 valence electrons. The standard InChI is InChI=1S/C47H34/c1-4-14-30(15-5-1)33-24-34(31-16-6-2-7-17-31)26-36(25-33)46-39-22-12-13-23-40(39)47-41-29-42-37-20-10-11-21-38(37)45(32-18-8-3-9-19-32)43(42)27-35(41)28-44(46)47/h1-27,29,44-47H,28H2. The molecular weight excluding hydrogens is 565 g/mol. The Morgan fingerprint density at radius 1 is 0.340 bits per heavy atom. The SMILES string of the molecule is c1ccc(-c2cc(-c3ccccc3)cc(C3c4ccccc4C4c5cc6c(cc5CC34)C(c3ccccc3)c3ccccc3-6)c2)cc1. The van der Waals surface area contributed by atoms with E-state index in [1.807, 2.05) is 0 Å². The van der Waals surface area contributed by atoms with Crippen molar-refractivity contribution in [2.75, 3.05) is 0 Å². The van der Waals surface area contributed by atoms with Gasteiger partial charge in [-0.25, -0.2) is 0 Å². The van der Waals surface area contributed by atoms with Crippen molar-refractivity contribution in [3.8, 4) is 33.4 Å². The van der Waals surface area contributed by atoms with Gasteiger partial charge in [-0.1, -0.05) is 158 Å². The van der Waals surface area contributed by atoms with E-state index in [-0.39, 0.29) is 5.92 Å². The van der Waals surface area contributed by atoms with E-state index in [1.54, 1.807) is 0 Å². The first kappa shape index (κ1) is 26.7. The maximum atomic E-state index is 2.59. The lowest BCUT2D eigenvalue weighted by Crippen LogP contribution is -2.11. The van der Waals surface area contributed by atoms with Gasteiger partial charge >= 0.3 is 0 Å². The van der Waals surface area contributed by atoms with Crippen LogP contribution in [0.5, 0.6) is 0 Å². The van der Waals surface area contributed by atoms with Crippen LogP contribution in [0.1, 0.15) is 62.3 Å². The third-order valence-electron chi connectivity index (χ3n) is 11.2. The van der Waals surface area contributed by atoms with Crippen molar-refractivity contribution < 1.29 is 0 Å². The van der Waals surface area contributed by atoms with Gasteiger partial charge in [0.2, 0.25) is 0 Å². The number of benzene rings is 7. The fourth-order valence-electron chi connectivity index (χ4n) is 9.26. The minimum Gasteiger partial charge on any atom is -0.0622 e. The minimum absolute atomic E-state index is 0.284. The highest BCUT2D eigenvalue weighted by Gasteiger charge is 2.47. The Kier molecular flexibility index (Phi) is 5.99. The number of rotatable bonds is 4. The van der Waals surface area contributed by atoms with Gasteiger partial charge in [-0.2, -0.15) is 0 Å². The van der Waals surface area contributed by atoms with Crippen LogP contribution in [-0.2, 0) is 6.42 Å². The first-order chi connectivity index (χ1) is 23.3. The summed E-state index contributed by atoms with van der Waals surface area (Å²) in [5, 5.41) is 0. The molecule has 0 saturated carbocycles. The molecule has 0 saturated heterocycles. The van der Waals surface area contributed by atoms with Crippen LogP contribution in [0.2, 0.25) is 0 Å². The average Bonchev–Trinajstić information content (AvgIpc) is 3.78. The van der Waals surface area contributed by atoms with Crippen molar-refractivity contribution >= 4 is 0 Å². The summed E-state index contributed by atoms with van der Waals surface area (Å²) >= 11 is 0. The van der Waals surface area contributed by atoms with Gasteiger partial charge in [-0.15, -0.1) is 0 Å². The lowest BCUT2D eigenvalue weighted by atomic mass is 9.81. The second-order valence-corrected chi connectivity index (χ2v) is 13.6. The largest absolute Gasteiger partial charge is 0.0622 e. The van der Waals surface area contributed by atoms with Gasteiger partial charge in [0.1, 0.15) is 0 Å². The zero-order valence-corrected chi connectivity index (χ0v) is 26.2. The summed E-state index contributed by atoms with van der Waals surface area (Å²) in [6.07, 6.45) is 1.10. The van der Waals surface area contributed by atoms with Crippen LogP contribution in [0.4, 0.5) is 0 Å². The predicted octanol–water partition coefficient (Wildman–Crippen LogP) is 11.6. The lowest BCUT2D eigenvalue weighted by molar-refractivity contribution is 0.492. The zero-order valence-electron chi connectivity index (χ0n) is 26.2. The van der Waals surface area contributed by atoms with Crippen LogP contribution >= 0.6 is 0 Å². The van der Waals surface area contributed by atoms with Crippen LogP contribution in [-0.4, -0.2) is 0 Å². The van der Waals surface area contributed by atoms with E-state index < -0.39 is 0 Å². The van der Waals surface area contributed by atoms with Crippen LogP contribution in [0, 0.1) is 5.92 Å². The van der Waals surface area contributed by atoms with Gasteiger partial charge in [-0.05, 0) is 102 Å². The van der Waals surface area contributed by atoms with Gasteiger partial charge in [-0.3, -0.25) is 0 Å². The van der Waals surface area contributed by atoms with Crippen LogP contribution in [0.25, 0.3) is 33.4 Å². The minimum atomic E-state index is 0.284. The molecule has 0 nitrogen and oxygen atoms in total. The Labute approximate surface area is 277 Å². The fraction of sp³-hybridized carbons (Fsp3) is 0.106. The zero-order chi connectivity index (χ0) is 30.9. The van der Waals surface area contributed by atoms with E-state index in [0.29, 0.717) is 17.8 Å². The molecule has 0 amide bonds. The summed E-state index contributed by atoms with van der Waals surface area (Å²) in [4.78, 5) is 0. The summed E-state index contributed by atoms with van der Waals surface area (Å²) in [7, 11) is 0. The summed E-state index contributed by atoms with van der Waals surface area (Å²) in [6.45, 7) is 0. The summed E-state index contributed by atoms with van der Waals surface area (Å²) < 4.78 is 0. The molecule has 10 rings (SSSR count). The van der Waals surface area contributed by atoms with Crippen LogP contribution in [0.3, 0.4) is 0 Å². The highest BCUT2D eigenvalue weighted by Crippen LogP contribution is 2.60. The molecule has 4 unspecified atom stereocenters. The highest BCUT2D eigenvalue weighted by molar-refractivity contribution is 5.83. The van der Waals surface area contributed by atoms with Crippen LogP contribution in [0.15, 0.2) is 170 Å². The third kappa shape index (κ3) is 4.14. The smallest absolute Gasteiger partial charge is 0.0352 e. The Morgan fingerprint density at radius 3 is 1.55 bits per heavy atom. The van der Waals surface area contributed by atoms with Crippen molar-refractivity contribution in [2.45, 2.75) is 24.2 Å². The van der Waals surface area contributed by atoms with Gasteiger partial charge in [0, 0.05) is 17.8 Å². The van der Waals surface area contributed by atoms with E-state index in [1.165, 1.54) is 77.9 Å². The lowest BCUT2D eigenvalue weighted by Gasteiger charge is -2.22. The van der Waals surface area contributed by atoms with Crippen molar-refractivity contribution in [2.24, 2.45) is 5.92 Å². The Hall–Kier alpha value is -5.46. The second kappa shape index (κ2) is 10.5. The number of hydrogen-bond acceptors (Lipinski definition) is 0. The topological polar surface area (TPSA) is 0 Å². The van der Waals surface area contributed by atoms with Gasteiger partial charge in [0.05, 0.1) is 0 Å². The Balaban J connectivity index is 1.14. The molecule has 4 atom stereocenters. The maximum absolute atomic E-state index is 2.59. The average molecular weight is 599 g/mol. The number of fused-ring (bicyclic) bond motifs is 8. The quantitative estimate of drug-likeness (QED) is 0.189. The normalized spacial score (nSPS) is 19.8. The molecule has 3 aliphatic carbocycles. The summed E-state index contributed by atoms with van der Waals surface area (Å²) in [5.74, 6) is 1.51. The number of hydrogen-bond donors (Lipinski definition) is 0. The molecule has 0 N–H and O–H groups in total. The monoisotopic (exact) mass is 598 g/mol. The van der Waals surface area contributed by atoms with Gasteiger partial charge in [0.15, 0.2) is 0 Å². The molecule has 47 heavy (non-hydrogen) atoms. The maximum Gasteiger partial charge on any atom is 0.0352 e. The van der Waals surface area contributed by atoms with E-state index in [9.17, 15) is 0 Å². The van der Waals surface area contributed by atoms with Gasteiger partial charge in [0.25, 0.3) is 0 Å². The van der Waals surface area contributed by atoms with E-state index in [0.717, 1.165) is 6.42 Å². The highest BCUT2D eigenvalue weighted by atomic mass is 14.5. The summed E-state index contributed by atoms with van der Waals surface area (Å²) in [6, 6.07) is 63.8. The third-order valence-corrected chi connectivity index (χ3v) is 11.2. The van der Waals surface area contributed by atoms with E-state index in [4.69, 9.17) is 0 Å². The molecule has 7 aromatic carbocycles. The molecule has 0 radical (unpaired) electrons. The molecular formula is C47H34. The first-order valence-corrected chi connectivity index (χ1v) is 17.0. The first-order valence-electron chi connectivity index (χ1n) is 17.0. The Bertz CT molecular complexity index is 2220. The van der Waals surface area contributed by atoms with Crippen molar-refractivity contribution in [1.82, 2.24) is 0 Å². The van der Waals surface area contributed by atoms with E-state index >= 15 is 0 Å². The summed E-state index contributed by atoms with van der Waals surface area (Å²) in [5.41, 5.74) is 19.7. The van der Waals surface area contributed by atoms with Crippen LogP contribution < -0.4 is 0 Å². The molecule has 7 aromatic rings. The van der Waals surface area contributed by atoms with Crippen molar-refractivity contribution in [3.05, 3.63) is 214 Å². The fourth-order valence-corrected chi connectivity index (χ4v) is 9.26. The molecule has 0 aliphatic heterocycles. The van der Waals surface area contributed by atoms with E-state index in [2.05, 4.69) is 170 Å². The Morgan fingerprint density at radius 2 is 0.894 bits per heavy atom. The molecule has 0 fully saturated rings. The second-order valence-electron chi connectivity index (χ2n) is 13.6. The molecule has 0 heterocycles. The molecule has 3 aliphatic rings. The van der Waals surface area contributed by atoms with Crippen molar-refractivity contribution in [3.63, 3.8) is 0 Å². The predicted molar refractivity (Wildman–Crippen MR) is 194 cm³/mol. The molecule has 0 spiro atoms. The molecule has 0 heteroatoms. The van der Waals surface area contributed by atoms with Gasteiger partial charge < -0.3 is 0 Å².